The Balaban J connectivity index is 1.66. The highest BCUT2D eigenvalue weighted by Crippen LogP contribution is 2.57. The van der Waals surface area contributed by atoms with Crippen LogP contribution in [0.3, 0.4) is 0 Å². The van der Waals surface area contributed by atoms with E-state index in [0.717, 1.165) is 19.3 Å². The molecular formula is C18H29NO4. The van der Waals surface area contributed by atoms with Crippen molar-refractivity contribution in [3.8, 4) is 0 Å². The summed E-state index contributed by atoms with van der Waals surface area (Å²) >= 11 is 0. The van der Waals surface area contributed by atoms with Crippen LogP contribution in [0.1, 0.15) is 59.3 Å². The van der Waals surface area contributed by atoms with Crippen LogP contribution < -0.4 is 5.32 Å². The summed E-state index contributed by atoms with van der Waals surface area (Å²) < 4.78 is 10.7. The van der Waals surface area contributed by atoms with Crippen LogP contribution in [0.5, 0.6) is 0 Å². The van der Waals surface area contributed by atoms with Gasteiger partial charge in [0.05, 0.1) is 7.11 Å². The van der Waals surface area contributed by atoms with E-state index in [1.54, 1.807) is 0 Å². The van der Waals surface area contributed by atoms with Gasteiger partial charge in [0.25, 0.3) is 0 Å². The molecule has 0 aromatic rings. The van der Waals surface area contributed by atoms with E-state index in [-0.39, 0.29) is 5.60 Å². The number of esters is 1. The van der Waals surface area contributed by atoms with Crippen molar-refractivity contribution in [1.82, 2.24) is 5.32 Å². The first kappa shape index (κ1) is 16.6. The van der Waals surface area contributed by atoms with E-state index in [9.17, 15) is 9.59 Å². The molecule has 23 heavy (non-hydrogen) atoms. The van der Waals surface area contributed by atoms with E-state index >= 15 is 0 Å². The van der Waals surface area contributed by atoms with Crippen molar-refractivity contribution in [3.05, 3.63) is 0 Å². The van der Waals surface area contributed by atoms with Crippen LogP contribution in [-0.4, -0.2) is 30.8 Å². The zero-order valence-corrected chi connectivity index (χ0v) is 14.7. The van der Waals surface area contributed by atoms with Crippen LogP contribution in [-0.2, 0) is 14.3 Å². The molecule has 0 radical (unpaired) electrons. The Labute approximate surface area is 138 Å². The molecule has 1 N–H and O–H groups in total. The molecule has 0 spiro atoms. The molecule has 0 heterocycles. The van der Waals surface area contributed by atoms with Gasteiger partial charge in [0.15, 0.2) is 0 Å². The number of carbonyl (C=O) groups is 2. The van der Waals surface area contributed by atoms with Crippen LogP contribution in [0.15, 0.2) is 0 Å². The van der Waals surface area contributed by atoms with Gasteiger partial charge in [-0.3, -0.25) is 0 Å². The van der Waals surface area contributed by atoms with Gasteiger partial charge in [0, 0.05) is 0 Å². The standard InChI is InChI=1S/C18H29NO4/c1-17(2,3)14(15(20)22-4)19-16(21)23-18-8-11-5-12(9-18)7-13(6-11)10-18/h11-14H,5-10H2,1-4H3,(H,19,21). The summed E-state index contributed by atoms with van der Waals surface area (Å²) in [7, 11) is 1.34. The molecule has 0 aromatic carbocycles. The van der Waals surface area contributed by atoms with Crippen LogP contribution in [0, 0.1) is 23.2 Å². The topological polar surface area (TPSA) is 64.6 Å². The Morgan fingerprint density at radius 3 is 1.91 bits per heavy atom. The van der Waals surface area contributed by atoms with E-state index in [1.807, 2.05) is 20.8 Å². The third kappa shape index (κ3) is 3.33. The fourth-order valence-electron chi connectivity index (χ4n) is 5.25. The normalized spacial score (nSPS) is 36.4. The van der Waals surface area contributed by atoms with E-state index in [2.05, 4.69) is 5.32 Å². The number of amides is 1. The van der Waals surface area contributed by atoms with E-state index in [1.165, 1.54) is 26.4 Å². The highest BCUT2D eigenvalue weighted by atomic mass is 16.6. The first-order valence-corrected chi connectivity index (χ1v) is 8.78. The highest BCUT2D eigenvalue weighted by Gasteiger charge is 2.53. The minimum Gasteiger partial charge on any atom is -0.467 e. The Morgan fingerprint density at radius 1 is 1.04 bits per heavy atom. The number of methoxy groups -OCH3 is 1. The van der Waals surface area contributed by atoms with Crippen molar-refractivity contribution in [2.75, 3.05) is 7.11 Å². The summed E-state index contributed by atoms with van der Waals surface area (Å²) in [5, 5.41) is 2.75. The minimum absolute atomic E-state index is 0.294. The summed E-state index contributed by atoms with van der Waals surface area (Å²) in [5.41, 5.74) is -0.717. The molecule has 130 valence electrons. The number of nitrogens with one attached hydrogen (secondary N) is 1. The Hall–Kier alpha value is -1.26. The lowest BCUT2D eigenvalue weighted by molar-refractivity contribution is -0.147. The zero-order chi connectivity index (χ0) is 16.8. The summed E-state index contributed by atoms with van der Waals surface area (Å²) in [6.07, 6.45) is 6.41. The predicted molar refractivity (Wildman–Crippen MR) is 85.8 cm³/mol. The van der Waals surface area contributed by atoms with Gasteiger partial charge in [-0.25, -0.2) is 9.59 Å². The van der Waals surface area contributed by atoms with E-state index in [0.29, 0.717) is 17.8 Å². The second-order valence-electron chi connectivity index (χ2n) is 8.96. The van der Waals surface area contributed by atoms with Crippen molar-refractivity contribution in [3.63, 3.8) is 0 Å². The van der Waals surface area contributed by atoms with Crippen molar-refractivity contribution in [2.24, 2.45) is 23.2 Å². The number of carbonyl (C=O) groups excluding carboxylic acids is 2. The van der Waals surface area contributed by atoms with E-state index < -0.39 is 23.5 Å². The smallest absolute Gasteiger partial charge is 0.408 e. The van der Waals surface area contributed by atoms with E-state index in [4.69, 9.17) is 9.47 Å². The van der Waals surface area contributed by atoms with Crippen LogP contribution in [0.2, 0.25) is 0 Å². The molecule has 1 unspecified atom stereocenters. The molecule has 4 rings (SSSR count). The largest absolute Gasteiger partial charge is 0.467 e. The lowest BCUT2D eigenvalue weighted by Crippen LogP contribution is -2.56. The molecule has 4 saturated carbocycles. The molecule has 5 nitrogen and oxygen atoms in total. The Bertz CT molecular complexity index is 458. The predicted octanol–water partition coefficient (Wildman–Crippen LogP) is 3.27. The van der Waals surface area contributed by atoms with Gasteiger partial charge in [-0.05, 0) is 61.7 Å². The van der Waals surface area contributed by atoms with Crippen LogP contribution in [0.25, 0.3) is 0 Å². The van der Waals surface area contributed by atoms with Crippen molar-refractivity contribution in [2.45, 2.75) is 70.9 Å². The average Bonchev–Trinajstić information content (AvgIpc) is 2.40. The maximum Gasteiger partial charge on any atom is 0.408 e. The third-order valence-electron chi connectivity index (χ3n) is 5.86. The van der Waals surface area contributed by atoms with Gasteiger partial charge < -0.3 is 14.8 Å². The molecule has 4 aliphatic rings. The monoisotopic (exact) mass is 323 g/mol. The number of alkyl carbamates (subject to hydrolysis) is 1. The number of hydrogen-bond acceptors (Lipinski definition) is 4. The van der Waals surface area contributed by atoms with Gasteiger partial charge in [0.1, 0.15) is 11.6 Å². The Kier molecular flexibility index (Phi) is 4.09. The summed E-state index contributed by atoms with van der Waals surface area (Å²) in [6, 6.07) is -0.700. The molecular weight excluding hydrogens is 294 g/mol. The molecule has 5 heteroatoms. The molecule has 4 bridgehead atoms. The van der Waals surface area contributed by atoms with Crippen molar-refractivity contribution < 1.29 is 19.1 Å². The number of hydrogen-bond donors (Lipinski definition) is 1. The van der Waals surface area contributed by atoms with Crippen molar-refractivity contribution >= 4 is 12.1 Å². The fraction of sp³-hybridized carbons (Fsp3) is 0.889. The first-order chi connectivity index (χ1) is 10.7. The molecule has 0 saturated heterocycles. The van der Waals surface area contributed by atoms with Gasteiger partial charge in [-0.15, -0.1) is 0 Å². The molecule has 1 atom stereocenters. The van der Waals surface area contributed by atoms with Crippen LogP contribution >= 0.6 is 0 Å². The van der Waals surface area contributed by atoms with Gasteiger partial charge >= 0.3 is 12.1 Å². The Morgan fingerprint density at radius 2 is 1.52 bits per heavy atom. The van der Waals surface area contributed by atoms with Gasteiger partial charge in [-0.2, -0.15) is 0 Å². The quantitative estimate of drug-likeness (QED) is 0.810. The molecule has 4 aliphatic carbocycles. The lowest BCUT2D eigenvalue weighted by Gasteiger charge is -2.55. The fourth-order valence-corrected chi connectivity index (χ4v) is 5.25. The summed E-state index contributed by atoms with van der Waals surface area (Å²) in [5.74, 6) is 1.72. The third-order valence-corrected chi connectivity index (χ3v) is 5.86. The molecule has 1 amide bonds. The highest BCUT2D eigenvalue weighted by molar-refractivity contribution is 5.82. The number of ether oxygens (including phenoxy) is 2. The minimum atomic E-state index is -0.700. The lowest BCUT2D eigenvalue weighted by atomic mass is 9.54. The average molecular weight is 323 g/mol. The maximum atomic E-state index is 12.5. The summed E-state index contributed by atoms with van der Waals surface area (Å²) in [6.45, 7) is 5.71. The molecule has 0 aromatic heterocycles. The first-order valence-electron chi connectivity index (χ1n) is 8.78. The number of rotatable bonds is 3. The zero-order valence-electron chi connectivity index (χ0n) is 14.7. The van der Waals surface area contributed by atoms with Gasteiger partial charge in [-0.1, -0.05) is 20.8 Å². The molecule has 4 fully saturated rings. The van der Waals surface area contributed by atoms with Gasteiger partial charge in [0.2, 0.25) is 0 Å². The second-order valence-corrected chi connectivity index (χ2v) is 8.96. The van der Waals surface area contributed by atoms with Crippen LogP contribution in [0.4, 0.5) is 4.79 Å². The maximum absolute atomic E-state index is 12.5. The SMILES string of the molecule is COC(=O)C(NC(=O)OC12CC3CC(CC(C3)C1)C2)C(C)(C)C. The van der Waals surface area contributed by atoms with Crippen molar-refractivity contribution in [1.29, 1.82) is 0 Å². The second kappa shape index (κ2) is 5.67. The molecule has 0 aliphatic heterocycles. The summed E-state index contributed by atoms with van der Waals surface area (Å²) in [4.78, 5) is 24.4.